The maximum atomic E-state index is 11.4. The average molecular weight is 190 g/mol. The molecule has 2 fully saturated rings. The van der Waals surface area contributed by atoms with E-state index in [4.69, 9.17) is 0 Å². The molecular formula is C13H18O. The van der Waals surface area contributed by atoms with Crippen molar-refractivity contribution in [2.45, 2.75) is 33.6 Å². The predicted octanol–water partition coefficient (Wildman–Crippen LogP) is 2.81. The molecule has 0 aromatic heterocycles. The molecule has 0 unspecified atom stereocenters. The van der Waals surface area contributed by atoms with E-state index in [-0.39, 0.29) is 0 Å². The quantitative estimate of drug-likeness (QED) is 0.574. The van der Waals surface area contributed by atoms with Crippen molar-refractivity contribution in [1.29, 1.82) is 0 Å². The van der Waals surface area contributed by atoms with E-state index in [0.29, 0.717) is 17.1 Å². The van der Waals surface area contributed by atoms with Gasteiger partial charge in [-0.15, -0.1) is 0 Å². The van der Waals surface area contributed by atoms with Crippen molar-refractivity contribution in [2.75, 3.05) is 0 Å². The molecule has 2 saturated carbocycles. The predicted molar refractivity (Wildman–Crippen MR) is 55.7 cm³/mol. The fraction of sp³-hybridized carbons (Fsp3) is 0.769. The number of allylic oxidation sites excluding steroid dienone is 2. The number of ketones is 1. The van der Waals surface area contributed by atoms with E-state index in [0.717, 1.165) is 24.2 Å². The molecule has 4 atom stereocenters. The molecule has 3 aliphatic carbocycles. The normalized spacial score (nSPS) is 48.2. The first kappa shape index (κ1) is 8.70. The molecule has 1 heteroatoms. The van der Waals surface area contributed by atoms with Crippen LogP contribution in [0.5, 0.6) is 0 Å². The van der Waals surface area contributed by atoms with Gasteiger partial charge in [-0.25, -0.2) is 0 Å². The molecule has 0 aromatic rings. The van der Waals surface area contributed by atoms with Gasteiger partial charge in [0.25, 0.3) is 0 Å². The summed E-state index contributed by atoms with van der Waals surface area (Å²) in [6, 6.07) is 0. The SMILES string of the molecule is C[C@H]1CC(=O)C=C2C[C@@H]3[C@H]([C@@H]21)C3(C)C. The number of hydrogen-bond donors (Lipinski definition) is 0. The van der Waals surface area contributed by atoms with Crippen LogP contribution in [-0.4, -0.2) is 5.78 Å². The molecule has 0 bridgehead atoms. The van der Waals surface area contributed by atoms with Crippen LogP contribution in [0.15, 0.2) is 11.6 Å². The van der Waals surface area contributed by atoms with Gasteiger partial charge in [0.05, 0.1) is 0 Å². The number of rotatable bonds is 0. The van der Waals surface area contributed by atoms with Crippen LogP contribution < -0.4 is 0 Å². The third-order valence-electron chi connectivity index (χ3n) is 4.89. The summed E-state index contributed by atoms with van der Waals surface area (Å²) in [7, 11) is 0. The molecular weight excluding hydrogens is 172 g/mol. The number of hydrogen-bond acceptors (Lipinski definition) is 1. The first-order valence-corrected chi connectivity index (χ1v) is 5.75. The smallest absolute Gasteiger partial charge is 0.155 e. The second kappa shape index (κ2) is 2.32. The van der Waals surface area contributed by atoms with Gasteiger partial charge >= 0.3 is 0 Å². The molecule has 0 N–H and O–H groups in total. The Bertz CT molecular complexity index is 337. The van der Waals surface area contributed by atoms with E-state index in [1.54, 1.807) is 0 Å². The lowest BCUT2D eigenvalue weighted by Crippen LogP contribution is -2.24. The number of carbonyl (C=O) groups is 1. The zero-order chi connectivity index (χ0) is 10.1. The first-order valence-electron chi connectivity index (χ1n) is 5.75. The molecule has 0 heterocycles. The van der Waals surface area contributed by atoms with Crippen molar-refractivity contribution in [2.24, 2.45) is 29.1 Å². The minimum absolute atomic E-state index is 0.364. The summed E-state index contributed by atoms with van der Waals surface area (Å²) >= 11 is 0. The first-order chi connectivity index (χ1) is 6.51. The Morgan fingerprint density at radius 3 is 2.79 bits per heavy atom. The third-order valence-corrected chi connectivity index (χ3v) is 4.89. The van der Waals surface area contributed by atoms with E-state index in [9.17, 15) is 4.79 Å². The Balaban J connectivity index is 1.96. The van der Waals surface area contributed by atoms with Crippen LogP contribution in [0.2, 0.25) is 0 Å². The summed E-state index contributed by atoms with van der Waals surface area (Å²) in [4.78, 5) is 11.4. The van der Waals surface area contributed by atoms with Crippen molar-refractivity contribution in [3.8, 4) is 0 Å². The van der Waals surface area contributed by atoms with Gasteiger partial charge in [-0.05, 0) is 41.6 Å². The highest BCUT2D eigenvalue weighted by Crippen LogP contribution is 2.72. The molecule has 0 spiro atoms. The largest absolute Gasteiger partial charge is 0.295 e. The Morgan fingerprint density at radius 2 is 2.07 bits per heavy atom. The maximum absolute atomic E-state index is 11.4. The van der Waals surface area contributed by atoms with Crippen molar-refractivity contribution in [3.05, 3.63) is 11.6 Å². The van der Waals surface area contributed by atoms with Gasteiger partial charge in [-0.1, -0.05) is 26.3 Å². The monoisotopic (exact) mass is 190 g/mol. The van der Waals surface area contributed by atoms with Crippen LogP contribution in [-0.2, 0) is 4.79 Å². The fourth-order valence-corrected chi connectivity index (χ4v) is 4.09. The van der Waals surface area contributed by atoms with Crippen LogP contribution in [0.1, 0.15) is 33.6 Å². The minimum Gasteiger partial charge on any atom is -0.295 e. The highest BCUT2D eigenvalue weighted by molar-refractivity contribution is 5.91. The van der Waals surface area contributed by atoms with Crippen LogP contribution >= 0.6 is 0 Å². The van der Waals surface area contributed by atoms with Crippen molar-refractivity contribution < 1.29 is 4.79 Å². The lowest BCUT2D eigenvalue weighted by atomic mass is 9.75. The van der Waals surface area contributed by atoms with Gasteiger partial charge in [-0.3, -0.25) is 4.79 Å². The molecule has 0 radical (unpaired) electrons. The van der Waals surface area contributed by atoms with E-state index < -0.39 is 0 Å². The van der Waals surface area contributed by atoms with Crippen LogP contribution in [0.4, 0.5) is 0 Å². The Kier molecular flexibility index (Phi) is 1.44. The molecule has 0 aliphatic heterocycles. The summed E-state index contributed by atoms with van der Waals surface area (Å²) in [6.45, 7) is 7.04. The van der Waals surface area contributed by atoms with Gasteiger partial charge < -0.3 is 0 Å². The molecule has 1 nitrogen and oxygen atoms in total. The molecule has 0 saturated heterocycles. The van der Waals surface area contributed by atoms with Crippen LogP contribution in [0.25, 0.3) is 0 Å². The molecule has 0 aromatic carbocycles. The van der Waals surface area contributed by atoms with Crippen molar-refractivity contribution in [3.63, 3.8) is 0 Å². The summed E-state index contributed by atoms with van der Waals surface area (Å²) < 4.78 is 0. The second-order valence-electron chi connectivity index (χ2n) is 6.05. The highest BCUT2D eigenvalue weighted by Gasteiger charge is 2.66. The van der Waals surface area contributed by atoms with Gasteiger partial charge in [0.15, 0.2) is 5.78 Å². The summed E-state index contributed by atoms with van der Waals surface area (Å²) in [5.41, 5.74) is 2.04. The Labute approximate surface area is 85.6 Å². The van der Waals surface area contributed by atoms with Crippen molar-refractivity contribution in [1.82, 2.24) is 0 Å². The number of carbonyl (C=O) groups excluding carboxylic acids is 1. The zero-order valence-electron chi connectivity index (χ0n) is 9.21. The van der Waals surface area contributed by atoms with E-state index in [1.165, 1.54) is 12.0 Å². The lowest BCUT2D eigenvalue weighted by Gasteiger charge is -2.29. The standard InChI is InChI=1S/C13H18O/c1-7-4-9(14)5-8-6-10-12(11(7)8)13(10,2)3/h5,7,10-12H,4,6H2,1-3H3/t7-,10+,11+,12+/m0/s1. The molecule has 3 rings (SSSR count). The van der Waals surface area contributed by atoms with Gasteiger partial charge in [0, 0.05) is 6.42 Å². The topological polar surface area (TPSA) is 17.1 Å². The highest BCUT2D eigenvalue weighted by atomic mass is 16.1. The summed E-state index contributed by atoms with van der Waals surface area (Å²) in [6.07, 6.45) is 3.94. The Morgan fingerprint density at radius 1 is 1.36 bits per heavy atom. The Hall–Kier alpha value is -0.590. The van der Waals surface area contributed by atoms with Gasteiger partial charge in [0.2, 0.25) is 0 Å². The maximum Gasteiger partial charge on any atom is 0.155 e. The van der Waals surface area contributed by atoms with E-state index in [2.05, 4.69) is 20.8 Å². The lowest BCUT2D eigenvalue weighted by molar-refractivity contribution is -0.116. The van der Waals surface area contributed by atoms with Gasteiger partial charge in [0.1, 0.15) is 0 Å². The zero-order valence-corrected chi connectivity index (χ0v) is 9.21. The van der Waals surface area contributed by atoms with E-state index >= 15 is 0 Å². The second-order valence-corrected chi connectivity index (χ2v) is 6.05. The molecule has 14 heavy (non-hydrogen) atoms. The molecule has 76 valence electrons. The summed E-state index contributed by atoms with van der Waals surface area (Å²) in [5.74, 6) is 3.47. The molecule has 0 amide bonds. The third kappa shape index (κ3) is 0.884. The van der Waals surface area contributed by atoms with E-state index in [1.807, 2.05) is 6.08 Å². The van der Waals surface area contributed by atoms with Crippen LogP contribution in [0.3, 0.4) is 0 Å². The van der Waals surface area contributed by atoms with Crippen LogP contribution in [0, 0.1) is 29.1 Å². The minimum atomic E-state index is 0.364. The average Bonchev–Trinajstić information content (AvgIpc) is 2.48. The van der Waals surface area contributed by atoms with Gasteiger partial charge in [-0.2, -0.15) is 0 Å². The number of fused-ring (bicyclic) bond motifs is 3. The summed E-state index contributed by atoms with van der Waals surface area (Å²) in [5, 5.41) is 0. The van der Waals surface area contributed by atoms with Crippen molar-refractivity contribution >= 4 is 5.78 Å². The fourth-order valence-electron chi connectivity index (χ4n) is 4.09. The molecule has 3 aliphatic rings.